The van der Waals surface area contributed by atoms with Crippen molar-refractivity contribution < 1.29 is 9.72 Å². The number of anilines is 2. The van der Waals surface area contributed by atoms with E-state index in [4.69, 9.17) is 16.3 Å². The quantitative estimate of drug-likeness (QED) is 0.345. The second kappa shape index (κ2) is 7.92. The molecule has 2 rings (SSSR count). The van der Waals surface area contributed by atoms with Crippen molar-refractivity contribution in [2.75, 3.05) is 11.1 Å². The summed E-state index contributed by atoms with van der Waals surface area (Å²) < 4.78 is 0. The fourth-order valence-electron chi connectivity index (χ4n) is 1.81. The van der Waals surface area contributed by atoms with Crippen molar-refractivity contribution in [1.82, 2.24) is 9.97 Å². The van der Waals surface area contributed by atoms with E-state index in [9.17, 15) is 14.9 Å². The van der Waals surface area contributed by atoms with Crippen molar-refractivity contribution in [3.05, 3.63) is 45.6 Å². The summed E-state index contributed by atoms with van der Waals surface area (Å²) in [5.74, 6) is -0.438. The second-order valence-corrected chi connectivity index (χ2v) is 6.22. The maximum absolute atomic E-state index is 12.3. The fraction of sp³-hybridized carbons (Fsp3) is 0.133. The van der Waals surface area contributed by atoms with Gasteiger partial charge in [0.1, 0.15) is 23.5 Å². The minimum absolute atomic E-state index is 0.0137. The van der Waals surface area contributed by atoms with Crippen LogP contribution in [0.25, 0.3) is 0 Å². The zero-order valence-electron chi connectivity index (χ0n) is 13.3. The van der Waals surface area contributed by atoms with Gasteiger partial charge in [-0.15, -0.1) is 0 Å². The maximum Gasteiger partial charge on any atom is 0.270 e. The molecule has 0 saturated heterocycles. The van der Waals surface area contributed by atoms with Gasteiger partial charge in [0.25, 0.3) is 5.69 Å². The van der Waals surface area contributed by atoms with Gasteiger partial charge < -0.3 is 11.1 Å². The van der Waals surface area contributed by atoms with Crippen molar-refractivity contribution in [3.63, 3.8) is 0 Å². The van der Waals surface area contributed by atoms with E-state index in [0.717, 1.165) is 17.8 Å². The number of carbonyl (C=O) groups excluding carboxylic acids is 1. The topological polar surface area (TPSA) is 172 Å². The second-order valence-electron chi connectivity index (χ2n) is 4.91. The number of nitrogens with two attached hydrogens (primary N) is 1. The minimum Gasteiger partial charge on any atom is -0.382 e. The number of hydrogen-bond acceptors (Lipinski definition) is 9. The molecule has 3 N–H and O–H groups in total. The molecule has 0 aliphatic rings. The molecule has 0 aliphatic carbocycles. The predicted molar refractivity (Wildman–Crippen MR) is 92.9 cm³/mol. The van der Waals surface area contributed by atoms with Crippen LogP contribution in [0.1, 0.15) is 18.1 Å². The summed E-state index contributed by atoms with van der Waals surface area (Å²) in [5, 5.41) is 30.8. The number of carbonyl (C=O) groups is 1. The van der Waals surface area contributed by atoms with Crippen molar-refractivity contribution in [2.45, 2.75) is 17.3 Å². The van der Waals surface area contributed by atoms with Gasteiger partial charge in [-0.2, -0.15) is 10.5 Å². The molecule has 0 saturated carbocycles. The highest BCUT2D eigenvalue weighted by Crippen LogP contribution is 2.25. The molecule has 1 heterocycles. The Balaban J connectivity index is 2.12. The number of nitro benzene ring substituents is 1. The summed E-state index contributed by atoms with van der Waals surface area (Å²) in [6.45, 7) is 1.59. The lowest BCUT2D eigenvalue weighted by molar-refractivity contribution is -0.384. The molecule has 1 aromatic carbocycles. The van der Waals surface area contributed by atoms with Crippen LogP contribution >= 0.6 is 11.8 Å². The first-order valence-electron chi connectivity index (χ1n) is 7.04. The van der Waals surface area contributed by atoms with E-state index in [1.807, 2.05) is 12.1 Å². The van der Waals surface area contributed by atoms with Gasteiger partial charge in [-0.3, -0.25) is 14.9 Å². The molecule has 1 unspecified atom stereocenters. The van der Waals surface area contributed by atoms with Crippen LogP contribution in [0.4, 0.5) is 17.2 Å². The number of nitrogens with one attached hydrogen (secondary N) is 1. The predicted octanol–water partition coefficient (Wildman–Crippen LogP) is 1.83. The molecular weight excluding hydrogens is 358 g/mol. The Hall–Kier alpha value is -3.70. The first kappa shape index (κ1) is 18.6. The highest BCUT2D eigenvalue weighted by atomic mass is 32.2. The van der Waals surface area contributed by atoms with E-state index >= 15 is 0 Å². The number of nitro groups is 1. The highest BCUT2D eigenvalue weighted by Gasteiger charge is 2.19. The number of aromatic nitrogens is 2. The third kappa shape index (κ3) is 4.23. The zero-order valence-corrected chi connectivity index (χ0v) is 14.1. The Morgan fingerprint density at radius 2 is 2.08 bits per heavy atom. The molecule has 11 heteroatoms. The number of hydrogen-bond donors (Lipinski definition) is 2. The molecule has 26 heavy (non-hydrogen) atoms. The first-order chi connectivity index (χ1) is 12.3. The van der Waals surface area contributed by atoms with Crippen LogP contribution in [-0.2, 0) is 4.79 Å². The molecule has 10 nitrogen and oxygen atoms in total. The van der Waals surface area contributed by atoms with Gasteiger partial charge in [0.15, 0.2) is 5.16 Å². The van der Waals surface area contributed by atoms with Gasteiger partial charge in [0, 0.05) is 12.1 Å². The molecule has 0 bridgehead atoms. The Morgan fingerprint density at radius 1 is 1.38 bits per heavy atom. The maximum atomic E-state index is 12.3. The van der Waals surface area contributed by atoms with E-state index < -0.39 is 16.1 Å². The van der Waals surface area contributed by atoms with E-state index in [-0.39, 0.29) is 33.5 Å². The molecule has 1 atom stereocenters. The fourth-order valence-corrected chi connectivity index (χ4v) is 2.56. The number of nitriles is 2. The minimum atomic E-state index is -0.649. The van der Waals surface area contributed by atoms with E-state index in [2.05, 4.69) is 15.3 Å². The molecule has 2 aromatic rings. The summed E-state index contributed by atoms with van der Waals surface area (Å²) in [7, 11) is 0. The lowest BCUT2D eigenvalue weighted by Gasteiger charge is -2.12. The van der Waals surface area contributed by atoms with Crippen LogP contribution in [0, 0.1) is 32.8 Å². The van der Waals surface area contributed by atoms with Gasteiger partial charge >= 0.3 is 0 Å². The van der Waals surface area contributed by atoms with Gasteiger partial charge in [-0.25, -0.2) is 9.97 Å². The van der Waals surface area contributed by atoms with Crippen LogP contribution in [0.15, 0.2) is 29.6 Å². The normalized spacial score (nSPS) is 11.0. The molecule has 0 fully saturated rings. The van der Waals surface area contributed by atoms with Crippen molar-refractivity contribution in [3.8, 4) is 12.1 Å². The molecule has 1 aromatic heterocycles. The molecule has 0 spiro atoms. The van der Waals surface area contributed by atoms with E-state index in [0.29, 0.717) is 0 Å². The highest BCUT2D eigenvalue weighted by molar-refractivity contribution is 8.00. The lowest BCUT2D eigenvalue weighted by atomic mass is 10.1. The van der Waals surface area contributed by atoms with E-state index in [1.165, 1.54) is 18.3 Å². The first-order valence-corrected chi connectivity index (χ1v) is 7.92. The number of thioether (sulfide) groups is 1. The standard InChI is InChI=1S/C15H11N7O3S/c1-8(26-15-19-7-10(6-17)13(18)21-15)14(23)20-12-3-2-11(22(24)25)4-9(12)5-16/h2-4,7-8H,1H3,(H,20,23)(H2,18,19,21). The lowest BCUT2D eigenvalue weighted by Crippen LogP contribution is -2.23. The Kier molecular flexibility index (Phi) is 5.67. The molecule has 0 radical (unpaired) electrons. The molecule has 1 amide bonds. The van der Waals surface area contributed by atoms with Crippen LogP contribution in [0.5, 0.6) is 0 Å². The Labute approximate surface area is 151 Å². The average Bonchev–Trinajstić information content (AvgIpc) is 2.61. The number of rotatable bonds is 5. The molecule has 0 aliphatic heterocycles. The number of nitrogens with zero attached hydrogens (tertiary/aromatic N) is 5. The SMILES string of the molecule is CC(Sc1ncc(C#N)c(N)n1)C(=O)Nc1ccc([N+](=O)[O-])cc1C#N. The van der Waals surface area contributed by atoms with E-state index in [1.54, 1.807) is 6.92 Å². The van der Waals surface area contributed by atoms with Crippen LogP contribution in [0.3, 0.4) is 0 Å². The summed E-state index contributed by atoms with van der Waals surface area (Å²) in [4.78, 5) is 30.3. The van der Waals surface area contributed by atoms with Gasteiger partial charge in [0.05, 0.1) is 27.6 Å². The average molecular weight is 369 g/mol. The number of nitrogen functional groups attached to an aromatic ring is 1. The van der Waals surface area contributed by atoms with Crippen LogP contribution in [0.2, 0.25) is 0 Å². The van der Waals surface area contributed by atoms with Crippen LogP contribution < -0.4 is 11.1 Å². The number of non-ortho nitro benzene ring substituents is 1. The van der Waals surface area contributed by atoms with Crippen molar-refractivity contribution >= 4 is 34.9 Å². The summed E-state index contributed by atoms with van der Waals surface area (Å²) >= 11 is 1.01. The molecular formula is C15H11N7O3S. The third-order valence-electron chi connectivity index (χ3n) is 3.16. The zero-order chi connectivity index (χ0) is 19.3. The van der Waals surface area contributed by atoms with Gasteiger partial charge in [0.2, 0.25) is 5.91 Å². The summed E-state index contributed by atoms with van der Waals surface area (Å²) in [5.41, 5.74) is 5.63. The third-order valence-corrected chi connectivity index (χ3v) is 4.14. The number of benzene rings is 1. The summed E-state index contributed by atoms with van der Waals surface area (Å²) in [6.07, 6.45) is 1.26. The summed E-state index contributed by atoms with van der Waals surface area (Å²) in [6, 6.07) is 7.21. The van der Waals surface area contributed by atoms with Gasteiger partial charge in [-0.05, 0) is 13.0 Å². The molecule has 130 valence electrons. The Bertz CT molecular complexity index is 965. The number of amides is 1. The monoisotopic (exact) mass is 369 g/mol. The van der Waals surface area contributed by atoms with Crippen LogP contribution in [-0.4, -0.2) is 26.0 Å². The Morgan fingerprint density at radius 3 is 2.65 bits per heavy atom. The van der Waals surface area contributed by atoms with Gasteiger partial charge in [-0.1, -0.05) is 11.8 Å². The smallest absolute Gasteiger partial charge is 0.270 e. The van der Waals surface area contributed by atoms with Crippen molar-refractivity contribution in [2.24, 2.45) is 0 Å². The largest absolute Gasteiger partial charge is 0.382 e. The van der Waals surface area contributed by atoms with Crippen molar-refractivity contribution in [1.29, 1.82) is 10.5 Å².